The number of fused-ring (bicyclic) bond motifs is 2. The molecule has 1 saturated heterocycles. The van der Waals surface area contributed by atoms with Crippen molar-refractivity contribution < 1.29 is 23.9 Å². The summed E-state index contributed by atoms with van der Waals surface area (Å²) >= 11 is 19.6. The van der Waals surface area contributed by atoms with Crippen LogP contribution in [0.1, 0.15) is 39.1 Å². The van der Waals surface area contributed by atoms with Crippen molar-refractivity contribution in [3.8, 4) is 11.3 Å². The molecule has 1 saturated carbocycles. The Hall–Kier alpha value is -3.11. The van der Waals surface area contributed by atoms with Gasteiger partial charge in [0.1, 0.15) is 0 Å². The number of esters is 1. The molecule has 7 nitrogen and oxygen atoms in total. The van der Waals surface area contributed by atoms with E-state index in [1.54, 1.807) is 66.7 Å². The van der Waals surface area contributed by atoms with E-state index in [4.69, 9.17) is 32.9 Å². The van der Waals surface area contributed by atoms with Crippen LogP contribution in [0.5, 0.6) is 0 Å². The minimum absolute atomic E-state index is 0.121. The second-order valence-electron chi connectivity index (χ2n) is 10.9. The number of imide groups is 1. The lowest BCUT2D eigenvalue weighted by Crippen LogP contribution is -2.34. The van der Waals surface area contributed by atoms with Gasteiger partial charge in [-0.15, -0.1) is 0 Å². The molecular weight excluding hydrogens is 735 g/mol. The third-order valence-electron chi connectivity index (χ3n) is 8.22. The Morgan fingerprint density at radius 3 is 2.14 bits per heavy atom. The van der Waals surface area contributed by atoms with E-state index in [1.165, 1.54) is 4.90 Å². The van der Waals surface area contributed by atoms with Gasteiger partial charge in [0, 0.05) is 36.2 Å². The highest BCUT2D eigenvalue weighted by Gasteiger charge is 2.52. The Labute approximate surface area is 280 Å². The number of ether oxygens (including phenoxy) is 1. The van der Waals surface area contributed by atoms with E-state index in [9.17, 15) is 19.2 Å². The number of Topliss-reactive ketones (excluding diaryl/α,β-unsaturated/α-hetero) is 1. The third-order valence-corrected chi connectivity index (χ3v) is 11.6. The number of hydrogen-bond acceptors (Lipinski definition) is 6. The van der Waals surface area contributed by atoms with Crippen LogP contribution < -0.4 is 4.90 Å². The molecule has 2 heterocycles. The predicted octanol–water partition coefficient (Wildman–Crippen LogP) is 7.98. The van der Waals surface area contributed by atoms with E-state index in [2.05, 4.69) is 31.9 Å². The number of carbonyl (C=O) groups is 4. The molecule has 2 amide bonds. The van der Waals surface area contributed by atoms with Crippen molar-refractivity contribution in [1.82, 2.24) is 4.98 Å². The molecule has 4 aromatic rings. The number of ketones is 1. The smallest absolute Gasteiger partial charge is 0.339 e. The SMILES string of the molecule is Cc1c(Cl)ccc2c(C(=O)OCC(=O)c3ccc(Cl)cc3)cc(-c3ccc(N4C(=O)C5CC(Br)C(Br)CC5C4=O)cc3)nc12. The van der Waals surface area contributed by atoms with Crippen molar-refractivity contribution in [3.63, 3.8) is 0 Å². The van der Waals surface area contributed by atoms with E-state index < -0.39 is 12.6 Å². The zero-order valence-electron chi connectivity index (χ0n) is 23.2. The van der Waals surface area contributed by atoms with Gasteiger partial charge in [-0.25, -0.2) is 9.78 Å². The molecule has 11 heteroatoms. The topological polar surface area (TPSA) is 93.6 Å². The maximum absolute atomic E-state index is 13.4. The van der Waals surface area contributed by atoms with Crippen LogP contribution in [0.4, 0.5) is 5.69 Å². The number of benzene rings is 3. The number of halogens is 4. The number of nitrogens with zero attached hydrogens (tertiary/aromatic N) is 2. The summed E-state index contributed by atoms with van der Waals surface area (Å²) in [5, 5.41) is 1.51. The average molecular weight is 759 g/mol. The Balaban J connectivity index is 1.30. The second kappa shape index (κ2) is 12.4. The van der Waals surface area contributed by atoms with Gasteiger partial charge in [-0.3, -0.25) is 19.3 Å². The molecule has 0 radical (unpaired) electrons. The number of anilines is 1. The molecule has 2 aliphatic rings. The number of carbonyl (C=O) groups excluding carboxylic acids is 4. The molecule has 44 heavy (non-hydrogen) atoms. The highest BCUT2D eigenvalue weighted by atomic mass is 79.9. The summed E-state index contributed by atoms with van der Waals surface area (Å²) in [5.74, 6) is -2.14. The minimum Gasteiger partial charge on any atom is -0.454 e. The third kappa shape index (κ3) is 5.71. The van der Waals surface area contributed by atoms with Gasteiger partial charge in [0.05, 0.1) is 34.3 Å². The number of rotatable bonds is 6. The molecule has 6 rings (SSSR count). The van der Waals surface area contributed by atoms with Crippen LogP contribution in [0, 0.1) is 18.8 Å². The molecule has 1 aromatic heterocycles. The van der Waals surface area contributed by atoms with Gasteiger partial charge in [0.2, 0.25) is 11.8 Å². The van der Waals surface area contributed by atoms with Crippen LogP contribution in [0.25, 0.3) is 22.2 Å². The number of aromatic nitrogens is 1. The summed E-state index contributed by atoms with van der Waals surface area (Å²) in [6, 6.07) is 18.2. The first-order valence-corrected chi connectivity index (χ1v) is 16.4. The molecule has 1 aliphatic carbocycles. The van der Waals surface area contributed by atoms with Crippen LogP contribution in [-0.4, -0.2) is 44.8 Å². The van der Waals surface area contributed by atoms with Gasteiger partial charge < -0.3 is 4.74 Å². The molecule has 4 unspecified atom stereocenters. The second-order valence-corrected chi connectivity index (χ2v) is 14.1. The lowest BCUT2D eigenvalue weighted by atomic mass is 9.81. The summed E-state index contributed by atoms with van der Waals surface area (Å²) in [7, 11) is 0. The lowest BCUT2D eigenvalue weighted by Gasteiger charge is -2.29. The van der Waals surface area contributed by atoms with Crippen molar-refractivity contribution >= 4 is 95.2 Å². The zero-order chi connectivity index (χ0) is 31.3. The van der Waals surface area contributed by atoms with E-state index in [1.807, 2.05) is 6.92 Å². The van der Waals surface area contributed by atoms with Crippen molar-refractivity contribution in [2.24, 2.45) is 11.8 Å². The van der Waals surface area contributed by atoms with Gasteiger partial charge in [-0.2, -0.15) is 0 Å². The first kappa shape index (κ1) is 30.9. The first-order valence-electron chi connectivity index (χ1n) is 13.9. The Kier molecular flexibility index (Phi) is 8.67. The Morgan fingerprint density at radius 1 is 0.909 bits per heavy atom. The number of amides is 2. The minimum atomic E-state index is -0.689. The molecule has 224 valence electrons. The van der Waals surface area contributed by atoms with E-state index in [-0.39, 0.29) is 44.7 Å². The fraction of sp³-hybridized carbons (Fsp3) is 0.242. The maximum atomic E-state index is 13.4. The van der Waals surface area contributed by atoms with Crippen molar-refractivity contribution in [1.29, 1.82) is 0 Å². The average Bonchev–Trinajstić information content (AvgIpc) is 3.25. The maximum Gasteiger partial charge on any atom is 0.339 e. The first-order chi connectivity index (χ1) is 21.0. The summed E-state index contributed by atoms with van der Waals surface area (Å²) in [4.78, 5) is 58.9. The summed E-state index contributed by atoms with van der Waals surface area (Å²) in [6.07, 6.45) is 1.18. The fourth-order valence-corrected chi connectivity index (χ4v) is 7.30. The van der Waals surface area contributed by atoms with Crippen molar-refractivity contribution in [3.05, 3.63) is 93.5 Å². The number of alkyl halides is 2. The van der Waals surface area contributed by atoms with Crippen LogP contribution in [0.3, 0.4) is 0 Å². The summed E-state index contributed by atoms with van der Waals surface area (Å²) < 4.78 is 5.44. The molecule has 1 aliphatic heterocycles. The van der Waals surface area contributed by atoms with Crippen molar-refractivity contribution in [2.45, 2.75) is 29.4 Å². The largest absolute Gasteiger partial charge is 0.454 e. The normalized spacial score (nSPS) is 21.4. The zero-order valence-corrected chi connectivity index (χ0v) is 27.9. The van der Waals surface area contributed by atoms with Crippen molar-refractivity contribution in [2.75, 3.05) is 11.5 Å². The highest BCUT2D eigenvalue weighted by Crippen LogP contribution is 2.44. The van der Waals surface area contributed by atoms with Gasteiger partial charge in [-0.1, -0.05) is 73.3 Å². The molecule has 3 aromatic carbocycles. The summed E-state index contributed by atoms with van der Waals surface area (Å²) in [6.45, 7) is 1.36. The van der Waals surface area contributed by atoms with E-state index >= 15 is 0 Å². The Bertz CT molecular complexity index is 1800. The molecule has 2 fully saturated rings. The number of hydrogen-bond donors (Lipinski definition) is 0. The molecule has 0 spiro atoms. The van der Waals surface area contributed by atoms with Gasteiger partial charge >= 0.3 is 5.97 Å². The molecule has 0 bridgehead atoms. The molecule has 4 atom stereocenters. The monoisotopic (exact) mass is 756 g/mol. The highest BCUT2D eigenvalue weighted by molar-refractivity contribution is 9.12. The fourth-order valence-electron chi connectivity index (χ4n) is 5.78. The standard InChI is InChI=1S/C33H24Br2Cl2N2O5/c1-16-27(37)11-10-21-24(33(43)44-15-29(40)18-2-6-19(36)7-3-18)14-28(38-30(16)21)17-4-8-20(9-5-17)39-31(41)22-12-25(34)26(35)13-23(22)32(39)42/h2-11,14,22-23,25-26H,12-13,15H2,1H3. The van der Waals surface area contributed by atoms with Gasteiger partial charge in [0.15, 0.2) is 12.4 Å². The number of aryl methyl sites for hydroxylation is 1. The van der Waals surface area contributed by atoms with Gasteiger partial charge in [-0.05, 0) is 73.9 Å². The van der Waals surface area contributed by atoms with Crippen LogP contribution in [0.2, 0.25) is 10.0 Å². The quantitative estimate of drug-likeness (QED) is 0.0857. The van der Waals surface area contributed by atoms with Crippen LogP contribution >= 0.6 is 55.1 Å². The van der Waals surface area contributed by atoms with E-state index in [0.29, 0.717) is 61.9 Å². The van der Waals surface area contributed by atoms with Crippen LogP contribution in [0.15, 0.2) is 66.7 Å². The molecule has 0 N–H and O–H groups in total. The van der Waals surface area contributed by atoms with Crippen LogP contribution in [-0.2, 0) is 14.3 Å². The summed E-state index contributed by atoms with van der Waals surface area (Å²) in [5.41, 5.74) is 3.38. The number of pyridine rings is 1. The Morgan fingerprint density at radius 2 is 1.52 bits per heavy atom. The van der Waals surface area contributed by atoms with Gasteiger partial charge in [0.25, 0.3) is 0 Å². The molecular formula is C33H24Br2Cl2N2O5. The predicted molar refractivity (Wildman–Crippen MR) is 177 cm³/mol. The van der Waals surface area contributed by atoms with E-state index in [0.717, 1.165) is 0 Å². The lowest BCUT2D eigenvalue weighted by molar-refractivity contribution is -0.122.